The standard InChI is InChI=1S/C22H26N4O3/c23-21(24)18-10-8-16(9-11-18)13-25-22(28)19-7-4-12-26(19)20(27)15-29-14-17-5-2-1-3-6-17/h1-3,5-6,8-11,19H,4,7,12-15H2,(H3,23,24)(H,25,28)/t19-/m0/s1. The van der Waals surface area contributed by atoms with Crippen LogP contribution in [0.5, 0.6) is 0 Å². The lowest BCUT2D eigenvalue weighted by Gasteiger charge is -2.24. The van der Waals surface area contributed by atoms with Gasteiger partial charge >= 0.3 is 0 Å². The quantitative estimate of drug-likeness (QED) is 0.468. The molecular formula is C22H26N4O3. The maximum absolute atomic E-state index is 12.6. The van der Waals surface area contributed by atoms with Crippen molar-refractivity contribution in [3.63, 3.8) is 0 Å². The number of ether oxygens (including phenoxy) is 1. The molecule has 7 heteroatoms. The summed E-state index contributed by atoms with van der Waals surface area (Å²) in [6.45, 7) is 1.26. The Hall–Kier alpha value is -3.19. The zero-order valence-electron chi connectivity index (χ0n) is 16.3. The van der Waals surface area contributed by atoms with Crippen molar-refractivity contribution >= 4 is 17.6 Å². The molecule has 1 aliphatic rings. The van der Waals surface area contributed by atoms with Crippen molar-refractivity contribution in [1.29, 1.82) is 5.41 Å². The largest absolute Gasteiger partial charge is 0.384 e. The molecule has 2 aromatic rings. The molecule has 1 saturated heterocycles. The van der Waals surface area contributed by atoms with Crippen molar-refractivity contribution in [3.05, 3.63) is 71.3 Å². The van der Waals surface area contributed by atoms with Gasteiger partial charge in [0.15, 0.2) is 0 Å². The number of nitrogens with two attached hydrogens (primary N) is 1. The van der Waals surface area contributed by atoms with Gasteiger partial charge in [-0.15, -0.1) is 0 Å². The predicted octanol–water partition coefficient (Wildman–Crippen LogP) is 1.79. The monoisotopic (exact) mass is 394 g/mol. The highest BCUT2D eigenvalue weighted by molar-refractivity contribution is 5.94. The molecule has 0 aliphatic carbocycles. The molecule has 3 rings (SSSR count). The van der Waals surface area contributed by atoms with E-state index < -0.39 is 6.04 Å². The molecule has 7 nitrogen and oxygen atoms in total. The number of nitrogen functional groups attached to an aromatic ring is 1. The van der Waals surface area contributed by atoms with Gasteiger partial charge in [0.2, 0.25) is 11.8 Å². The second kappa shape index (κ2) is 9.84. The van der Waals surface area contributed by atoms with Crippen LogP contribution in [0.1, 0.15) is 29.5 Å². The lowest BCUT2D eigenvalue weighted by atomic mass is 10.1. The van der Waals surface area contributed by atoms with Crippen LogP contribution in [0.4, 0.5) is 0 Å². The summed E-state index contributed by atoms with van der Waals surface area (Å²) in [7, 11) is 0. The number of amides is 2. The first-order valence-corrected chi connectivity index (χ1v) is 9.67. The van der Waals surface area contributed by atoms with Crippen LogP contribution in [0.15, 0.2) is 54.6 Å². The number of nitrogens with zero attached hydrogens (tertiary/aromatic N) is 1. The Morgan fingerprint density at radius 1 is 1.10 bits per heavy atom. The number of hydrogen-bond acceptors (Lipinski definition) is 4. The second-order valence-electron chi connectivity index (χ2n) is 7.05. The first-order chi connectivity index (χ1) is 14.0. The Morgan fingerprint density at radius 2 is 1.83 bits per heavy atom. The van der Waals surface area contributed by atoms with E-state index in [2.05, 4.69) is 5.32 Å². The van der Waals surface area contributed by atoms with Crippen molar-refractivity contribution in [2.45, 2.75) is 32.0 Å². The fourth-order valence-corrected chi connectivity index (χ4v) is 3.36. The Labute approximate surface area is 170 Å². The van der Waals surface area contributed by atoms with E-state index in [1.807, 2.05) is 42.5 Å². The number of amidine groups is 1. The third-order valence-corrected chi connectivity index (χ3v) is 4.94. The van der Waals surface area contributed by atoms with Gasteiger partial charge in [-0.1, -0.05) is 54.6 Å². The van der Waals surface area contributed by atoms with Gasteiger partial charge in [-0.2, -0.15) is 0 Å². The number of benzene rings is 2. The van der Waals surface area contributed by atoms with E-state index in [1.54, 1.807) is 17.0 Å². The SMILES string of the molecule is N=C(N)c1ccc(CNC(=O)[C@@H]2CCCN2C(=O)COCc2ccccc2)cc1. The lowest BCUT2D eigenvalue weighted by molar-refractivity contribution is -0.142. The lowest BCUT2D eigenvalue weighted by Crippen LogP contribution is -2.46. The summed E-state index contributed by atoms with van der Waals surface area (Å²) in [5.41, 5.74) is 8.00. The summed E-state index contributed by atoms with van der Waals surface area (Å²) in [5, 5.41) is 10.3. The summed E-state index contributed by atoms with van der Waals surface area (Å²) in [6.07, 6.45) is 1.45. The summed E-state index contributed by atoms with van der Waals surface area (Å²) in [6, 6.07) is 16.4. The van der Waals surface area contributed by atoms with Crippen LogP contribution in [0.25, 0.3) is 0 Å². The first-order valence-electron chi connectivity index (χ1n) is 9.67. The van der Waals surface area contributed by atoms with Crippen molar-refractivity contribution in [1.82, 2.24) is 10.2 Å². The van der Waals surface area contributed by atoms with Crippen molar-refractivity contribution in [3.8, 4) is 0 Å². The molecule has 0 unspecified atom stereocenters. The second-order valence-corrected chi connectivity index (χ2v) is 7.05. The molecule has 29 heavy (non-hydrogen) atoms. The molecule has 2 aromatic carbocycles. The van der Waals surface area contributed by atoms with Gasteiger partial charge in [0.25, 0.3) is 0 Å². The van der Waals surface area contributed by atoms with Crippen LogP contribution in [0.3, 0.4) is 0 Å². The van der Waals surface area contributed by atoms with Gasteiger partial charge < -0.3 is 20.7 Å². The van der Waals surface area contributed by atoms with Crippen molar-refractivity contribution in [2.24, 2.45) is 5.73 Å². The van der Waals surface area contributed by atoms with Gasteiger partial charge in [-0.25, -0.2) is 0 Å². The number of likely N-dealkylation sites (tertiary alicyclic amines) is 1. The highest BCUT2D eigenvalue weighted by Crippen LogP contribution is 2.18. The van der Waals surface area contributed by atoms with E-state index in [1.165, 1.54) is 0 Å². The highest BCUT2D eigenvalue weighted by Gasteiger charge is 2.33. The molecule has 0 spiro atoms. The van der Waals surface area contributed by atoms with Gasteiger partial charge in [-0.05, 0) is 24.0 Å². The Balaban J connectivity index is 1.47. The minimum absolute atomic E-state index is 0.00942. The highest BCUT2D eigenvalue weighted by atomic mass is 16.5. The van der Waals surface area contributed by atoms with Crippen LogP contribution in [0, 0.1) is 5.41 Å². The molecule has 1 heterocycles. The van der Waals surface area contributed by atoms with Gasteiger partial charge in [-0.3, -0.25) is 15.0 Å². The van der Waals surface area contributed by atoms with E-state index in [0.29, 0.717) is 31.7 Å². The minimum atomic E-state index is -0.459. The Morgan fingerprint density at radius 3 is 2.52 bits per heavy atom. The van der Waals surface area contributed by atoms with E-state index in [0.717, 1.165) is 17.5 Å². The molecule has 0 bridgehead atoms. The van der Waals surface area contributed by atoms with Crippen LogP contribution >= 0.6 is 0 Å². The van der Waals surface area contributed by atoms with E-state index >= 15 is 0 Å². The van der Waals surface area contributed by atoms with E-state index in [9.17, 15) is 9.59 Å². The number of hydrogen-bond donors (Lipinski definition) is 3. The number of carbonyl (C=O) groups excluding carboxylic acids is 2. The summed E-state index contributed by atoms with van der Waals surface area (Å²) < 4.78 is 5.53. The molecular weight excluding hydrogens is 368 g/mol. The van der Waals surface area contributed by atoms with Gasteiger partial charge in [0.1, 0.15) is 18.5 Å². The third kappa shape index (κ3) is 5.65. The fourth-order valence-electron chi connectivity index (χ4n) is 3.36. The zero-order chi connectivity index (χ0) is 20.6. The number of nitrogens with one attached hydrogen (secondary N) is 2. The minimum Gasteiger partial charge on any atom is -0.384 e. The maximum Gasteiger partial charge on any atom is 0.249 e. The summed E-state index contributed by atoms with van der Waals surface area (Å²) in [5.74, 6) is -0.311. The van der Waals surface area contributed by atoms with Crippen LogP contribution < -0.4 is 11.1 Å². The molecule has 4 N–H and O–H groups in total. The molecule has 0 saturated carbocycles. The topological polar surface area (TPSA) is 109 Å². The smallest absolute Gasteiger partial charge is 0.249 e. The van der Waals surface area contributed by atoms with Crippen molar-refractivity contribution in [2.75, 3.05) is 13.2 Å². The molecule has 1 aliphatic heterocycles. The number of rotatable bonds is 8. The average Bonchev–Trinajstić information content (AvgIpc) is 3.23. The molecule has 0 radical (unpaired) electrons. The first kappa shape index (κ1) is 20.5. The predicted molar refractivity (Wildman–Crippen MR) is 110 cm³/mol. The molecule has 1 atom stereocenters. The Bertz CT molecular complexity index is 852. The van der Waals surface area contributed by atoms with Crippen LogP contribution in [0.2, 0.25) is 0 Å². The summed E-state index contributed by atoms with van der Waals surface area (Å²) >= 11 is 0. The van der Waals surface area contributed by atoms with Crippen LogP contribution in [-0.2, 0) is 27.5 Å². The van der Waals surface area contributed by atoms with Gasteiger partial charge in [0.05, 0.1) is 6.61 Å². The average molecular weight is 394 g/mol. The fraction of sp³-hybridized carbons (Fsp3) is 0.318. The van der Waals surface area contributed by atoms with Crippen LogP contribution in [-0.4, -0.2) is 41.7 Å². The van der Waals surface area contributed by atoms with Gasteiger partial charge in [0, 0.05) is 18.7 Å². The van der Waals surface area contributed by atoms with E-state index in [4.69, 9.17) is 15.9 Å². The number of carbonyl (C=O) groups is 2. The Kier molecular flexibility index (Phi) is 6.97. The normalized spacial score (nSPS) is 15.9. The molecule has 152 valence electrons. The molecule has 0 aromatic heterocycles. The van der Waals surface area contributed by atoms with Crippen molar-refractivity contribution < 1.29 is 14.3 Å². The molecule has 2 amide bonds. The maximum atomic E-state index is 12.6. The van der Waals surface area contributed by atoms with E-state index in [-0.39, 0.29) is 24.3 Å². The third-order valence-electron chi connectivity index (χ3n) is 4.94. The molecule has 1 fully saturated rings. The summed E-state index contributed by atoms with van der Waals surface area (Å²) in [4.78, 5) is 26.7. The zero-order valence-corrected chi connectivity index (χ0v) is 16.3.